The van der Waals surface area contributed by atoms with E-state index in [1.165, 1.54) is 17.5 Å². The first-order chi connectivity index (χ1) is 13.0. The maximum Gasteiger partial charge on any atom is 0.125 e. The van der Waals surface area contributed by atoms with E-state index in [0.717, 1.165) is 38.5 Å². The van der Waals surface area contributed by atoms with E-state index in [-0.39, 0.29) is 17.1 Å². The van der Waals surface area contributed by atoms with Crippen LogP contribution in [0, 0.1) is 11.3 Å². The molecule has 5 nitrogen and oxygen atoms in total. The Morgan fingerprint density at radius 3 is 2.81 bits per heavy atom. The van der Waals surface area contributed by atoms with Gasteiger partial charge in [0.25, 0.3) is 0 Å². The van der Waals surface area contributed by atoms with Gasteiger partial charge in [-0.2, -0.15) is 5.10 Å². The number of likely N-dealkylation sites (tertiary alicyclic amines) is 1. The summed E-state index contributed by atoms with van der Waals surface area (Å²) in [6.45, 7) is 11.5. The van der Waals surface area contributed by atoms with Gasteiger partial charge < -0.3 is 9.47 Å². The van der Waals surface area contributed by atoms with E-state index in [1.54, 1.807) is 0 Å². The molecule has 2 fully saturated rings. The van der Waals surface area contributed by atoms with Crippen molar-refractivity contribution in [2.75, 3.05) is 19.7 Å². The molecule has 2 aromatic rings. The lowest BCUT2D eigenvalue weighted by Gasteiger charge is -2.58. The lowest BCUT2D eigenvalue weighted by molar-refractivity contribution is -0.200. The van der Waals surface area contributed by atoms with Crippen LogP contribution in [0.1, 0.15) is 44.4 Å². The second-order valence-corrected chi connectivity index (χ2v) is 9.13. The van der Waals surface area contributed by atoms with Crippen LogP contribution in [-0.4, -0.2) is 40.0 Å². The first-order valence-electron chi connectivity index (χ1n) is 10.1. The van der Waals surface area contributed by atoms with Gasteiger partial charge in [-0.15, -0.1) is 0 Å². The van der Waals surface area contributed by atoms with Crippen molar-refractivity contribution in [1.29, 1.82) is 0 Å². The molecule has 27 heavy (non-hydrogen) atoms. The van der Waals surface area contributed by atoms with Crippen molar-refractivity contribution < 1.29 is 9.47 Å². The van der Waals surface area contributed by atoms with E-state index < -0.39 is 0 Å². The molecule has 0 amide bonds. The summed E-state index contributed by atoms with van der Waals surface area (Å²) in [5.74, 6) is 1.38. The molecule has 3 aliphatic heterocycles. The van der Waals surface area contributed by atoms with Gasteiger partial charge in [-0.25, -0.2) is 0 Å². The third-order valence-electron chi connectivity index (χ3n) is 6.61. The molecule has 1 spiro atoms. The second-order valence-electron chi connectivity index (χ2n) is 9.13. The Hall–Kier alpha value is -1.85. The summed E-state index contributed by atoms with van der Waals surface area (Å²) in [5, 5.41) is 4.39. The normalized spacial score (nSPS) is 28.1. The summed E-state index contributed by atoms with van der Waals surface area (Å²) >= 11 is 0. The highest BCUT2D eigenvalue weighted by atomic mass is 16.5. The number of rotatable bonds is 3. The molecule has 3 aliphatic rings. The molecule has 0 aliphatic carbocycles. The van der Waals surface area contributed by atoms with Gasteiger partial charge in [-0.05, 0) is 33.3 Å². The third-order valence-corrected chi connectivity index (χ3v) is 6.61. The van der Waals surface area contributed by atoms with E-state index in [9.17, 15) is 0 Å². The van der Waals surface area contributed by atoms with Crippen molar-refractivity contribution in [1.82, 2.24) is 14.7 Å². The van der Waals surface area contributed by atoms with Gasteiger partial charge in [0.2, 0.25) is 0 Å². The fraction of sp³-hybridized carbons (Fsp3) is 0.591. The summed E-state index contributed by atoms with van der Waals surface area (Å²) in [7, 11) is 0. The highest BCUT2D eigenvalue weighted by molar-refractivity contribution is 5.39. The SMILES string of the molecule is CCn1cc(CN2CC3(CO[C@@H]4c5ccccc5OC(C)(C)[C@H]4C3)C2)cn1. The van der Waals surface area contributed by atoms with Crippen LogP contribution >= 0.6 is 0 Å². The average molecular weight is 367 g/mol. The Morgan fingerprint density at radius 1 is 1.22 bits per heavy atom. The van der Waals surface area contributed by atoms with Crippen molar-refractivity contribution >= 4 is 0 Å². The number of nitrogens with zero attached hydrogens (tertiary/aromatic N) is 3. The van der Waals surface area contributed by atoms with Crippen molar-refractivity contribution in [3.63, 3.8) is 0 Å². The van der Waals surface area contributed by atoms with Gasteiger partial charge in [0.1, 0.15) is 11.4 Å². The van der Waals surface area contributed by atoms with Crippen LogP contribution in [0.15, 0.2) is 36.7 Å². The number of fused-ring (bicyclic) bond motifs is 3. The highest BCUT2D eigenvalue weighted by Gasteiger charge is 2.55. The summed E-state index contributed by atoms with van der Waals surface area (Å²) in [4.78, 5) is 2.52. The predicted molar refractivity (Wildman–Crippen MR) is 104 cm³/mol. The second kappa shape index (κ2) is 6.08. The van der Waals surface area contributed by atoms with Crippen LogP contribution in [0.5, 0.6) is 5.75 Å². The smallest absolute Gasteiger partial charge is 0.125 e. The number of para-hydroxylation sites is 1. The molecule has 1 aromatic heterocycles. The fourth-order valence-electron chi connectivity index (χ4n) is 5.25. The van der Waals surface area contributed by atoms with E-state index in [4.69, 9.17) is 9.47 Å². The van der Waals surface area contributed by atoms with E-state index in [0.29, 0.717) is 5.92 Å². The topological polar surface area (TPSA) is 39.5 Å². The summed E-state index contributed by atoms with van der Waals surface area (Å²) in [5.41, 5.74) is 2.60. The lowest BCUT2D eigenvalue weighted by atomic mass is 9.64. The number of benzene rings is 1. The largest absolute Gasteiger partial charge is 0.487 e. The molecule has 0 radical (unpaired) electrons. The molecule has 0 unspecified atom stereocenters. The molecule has 4 heterocycles. The predicted octanol–water partition coefficient (Wildman–Crippen LogP) is 3.65. The molecule has 5 heteroatoms. The lowest BCUT2D eigenvalue weighted by Crippen LogP contribution is -2.63. The average Bonchev–Trinajstić information content (AvgIpc) is 3.08. The quantitative estimate of drug-likeness (QED) is 0.830. The number of aromatic nitrogens is 2. The van der Waals surface area contributed by atoms with Gasteiger partial charge in [-0.3, -0.25) is 9.58 Å². The molecule has 1 aromatic carbocycles. The molecular weight excluding hydrogens is 338 g/mol. The van der Waals surface area contributed by atoms with Gasteiger partial charge in [0, 0.05) is 54.8 Å². The number of hydrogen-bond donors (Lipinski definition) is 0. The van der Waals surface area contributed by atoms with Crippen LogP contribution in [0.2, 0.25) is 0 Å². The van der Waals surface area contributed by atoms with Crippen molar-refractivity contribution in [3.8, 4) is 5.75 Å². The fourth-order valence-corrected chi connectivity index (χ4v) is 5.25. The minimum Gasteiger partial charge on any atom is -0.487 e. The Bertz CT molecular complexity index is 838. The zero-order valence-electron chi connectivity index (χ0n) is 16.5. The molecule has 144 valence electrons. The van der Waals surface area contributed by atoms with Crippen molar-refractivity contribution in [2.24, 2.45) is 11.3 Å². The first-order valence-corrected chi connectivity index (χ1v) is 10.1. The summed E-state index contributed by atoms with van der Waals surface area (Å²) in [6, 6.07) is 8.37. The van der Waals surface area contributed by atoms with Gasteiger partial charge in [0.05, 0.1) is 18.9 Å². The Labute approximate surface area is 161 Å². The Kier molecular flexibility index (Phi) is 3.89. The molecule has 2 saturated heterocycles. The minimum absolute atomic E-state index is 0.160. The summed E-state index contributed by atoms with van der Waals surface area (Å²) in [6.07, 6.45) is 5.49. The minimum atomic E-state index is -0.199. The molecular formula is C22H29N3O2. The van der Waals surface area contributed by atoms with Gasteiger partial charge in [0.15, 0.2) is 0 Å². The zero-order chi connectivity index (χ0) is 18.6. The molecule has 2 atom stereocenters. The van der Waals surface area contributed by atoms with Crippen LogP contribution in [0.4, 0.5) is 0 Å². The van der Waals surface area contributed by atoms with Crippen LogP contribution < -0.4 is 4.74 Å². The van der Waals surface area contributed by atoms with E-state index in [1.807, 2.05) is 16.9 Å². The van der Waals surface area contributed by atoms with Crippen molar-refractivity contribution in [3.05, 3.63) is 47.8 Å². The highest BCUT2D eigenvalue weighted by Crippen LogP contribution is 2.55. The number of hydrogen-bond acceptors (Lipinski definition) is 4. The number of ether oxygens (including phenoxy) is 2. The molecule has 0 N–H and O–H groups in total. The number of aryl methyl sites for hydroxylation is 1. The first kappa shape index (κ1) is 17.3. The van der Waals surface area contributed by atoms with Crippen LogP contribution in [-0.2, 0) is 17.8 Å². The molecule has 0 bridgehead atoms. The van der Waals surface area contributed by atoms with E-state index in [2.05, 4.69) is 55.2 Å². The summed E-state index contributed by atoms with van der Waals surface area (Å²) < 4.78 is 14.9. The standard InChI is InChI=1S/C22H29N3O2/c1-4-25-12-16(10-23-25)11-24-13-22(14-24)9-18-20(26-15-22)17-7-5-6-8-19(17)27-21(18,2)3/h5-8,10,12,18,20H,4,9,11,13-15H2,1-3H3/t18-,20+/m0/s1. The molecule has 5 rings (SSSR count). The maximum atomic E-state index is 6.50. The van der Waals surface area contributed by atoms with Crippen LogP contribution in [0.25, 0.3) is 0 Å². The monoisotopic (exact) mass is 367 g/mol. The van der Waals surface area contributed by atoms with Gasteiger partial charge in [-0.1, -0.05) is 18.2 Å². The zero-order valence-corrected chi connectivity index (χ0v) is 16.5. The third kappa shape index (κ3) is 2.88. The molecule has 0 saturated carbocycles. The van der Waals surface area contributed by atoms with Crippen molar-refractivity contribution in [2.45, 2.75) is 52.0 Å². The van der Waals surface area contributed by atoms with Crippen LogP contribution in [0.3, 0.4) is 0 Å². The maximum absolute atomic E-state index is 6.50. The van der Waals surface area contributed by atoms with Gasteiger partial charge >= 0.3 is 0 Å². The Morgan fingerprint density at radius 2 is 2.04 bits per heavy atom. The Balaban J connectivity index is 1.29. The van der Waals surface area contributed by atoms with E-state index >= 15 is 0 Å².